The second kappa shape index (κ2) is 7.16. The second-order valence-corrected chi connectivity index (χ2v) is 7.66. The van der Waals surface area contributed by atoms with Gasteiger partial charge in [-0.25, -0.2) is 9.61 Å². The molecule has 0 unspecified atom stereocenters. The number of likely N-dealkylation sites (tertiary alicyclic amines) is 1. The van der Waals surface area contributed by atoms with Crippen molar-refractivity contribution in [2.24, 2.45) is 0 Å². The maximum absolute atomic E-state index is 13.0. The molecule has 9 heteroatoms. The van der Waals surface area contributed by atoms with Crippen molar-refractivity contribution in [3.8, 4) is 0 Å². The highest BCUT2D eigenvalue weighted by Gasteiger charge is 2.26. The van der Waals surface area contributed by atoms with E-state index in [1.54, 1.807) is 11.3 Å². The van der Waals surface area contributed by atoms with Crippen LogP contribution in [0.5, 0.6) is 0 Å². The fourth-order valence-electron chi connectivity index (χ4n) is 3.36. The molecule has 4 rings (SSSR count). The van der Waals surface area contributed by atoms with Gasteiger partial charge in [-0.05, 0) is 33.2 Å². The standard InChI is InChI=1S/C17H22N6O2S/c1-12-13(20-25-19-12)10-21(2)11-14-15(18-17-23(14)8-9-26-17)16(24)22-6-4-3-5-7-22/h8-9H,3-7,10-11H2,1-2H3. The topological polar surface area (TPSA) is 79.8 Å². The summed E-state index contributed by atoms with van der Waals surface area (Å²) in [6.07, 6.45) is 5.32. The molecular weight excluding hydrogens is 352 g/mol. The Labute approximate surface area is 155 Å². The minimum Gasteiger partial charge on any atom is -0.337 e. The lowest BCUT2D eigenvalue weighted by atomic mass is 10.1. The van der Waals surface area contributed by atoms with Crippen LogP contribution in [-0.4, -0.2) is 55.5 Å². The third-order valence-corrected chi connectivity index (χ3v) is 5.55. The van der Waals surface area contributed by atoms with Gasteiger partial charge in [0.05, 0.1) is 5.69 Å². The molecule has 0 atom stereocenters. The van der Waals surface area contributed by atoms with Gasteiger partial charge in [0.25, 0.3) is 5.91 Å². The molecule has 26 heavy (non-hydrogen) atoms. The summed E-state index contributed by atoms with van der Waals surface area (Å²) >= 11 is 1.55. The predicted molar refractivity (Wildman–Crippen MR) is 97.0 cm³/mol. The first kappa shape index (κ1) is 17.2. The Morgan fingerprint density at radius 3 is 2.81 bits per heavy atom. The number of imidazole rings is 1. The van der Waals surface area contributed by atoms with Crippen molar-refractivity contribution in [1.29, 1.82) is 0 Å². The first-order valence-corrected chi connectivity index (χ1v) is 9.71. The number of carbonyl (C=O) groups excluding carboxylic acids is 1. The van der Waals surface area contributed by atoms with E-state index in [9.17, 15) is 4.79 Å². The lowest BCUT2D eigenvalue weighted by Crippen LogP contribution is -2.36. The number of aryl methyl sites for hydroxylation is 1. The monoisotopic (exact) mass is 374 g/mol. The van der Waals surface area contributed by atoms with E-state index in [0.717, 1.165) is 48.0 Å². The normalized spacial score (nSPS) is 15.3. The first-order valence-electron chi connectivity index (χ1n) is 8.84. The van der Waals surface area contributed by atoms with Crippen molar-refractivity contribution >= 4 is 22.2 Å². The molecule has 0 aromatic carbocycles. The number of rotatable bonds is 5. The summed E-state index contributed by atoms with van der Waals surface area (Å²) in [4.78, 5) is 22.6. The van der Waals surface area contributed by atoms with Gasteiger partial charge in [0.1, 0.15) is 11.4 Å². The number of hydrogen-bond acceptors (Lipinski definition) is 7. The zero-order valence-corrected chi connectivity index (χ0v) is 15.8. The average molecular weight is 374 g/mol. The molecule has 1 fully saturated rings. The molecular formula is C17H22N6O2S. The Balaban J connectivity index is 1.59. The van der Waals surface area contributed by atoms with Crippen LogP contribution in [0.1, 0.15) is 46.8 Å². The summed E-state index contributed by atoms with van der Waals surface area (Å²) in [7, 11) is 2.00. The lowest BCUT2D eigenvalue weighted by molar-refractivity contribution is 0.0716. The van der Waals surface area contributed by atoms with Crippen molar-refractivity contribution in [2.75, 3.05) is 20.1 Å². The minimum atomic E-state index is 0.0447. The largest absolute Gasteiger partial charge is 0.337 e. The molecule has 3 aromatic rings. The van der Waals surface area contributed by atoms with E-state index in [-0.39, 0.29) is 5.91 Å². The van der Waals surface area contributed by atoms with Crippen LogP contribution in [0.4, 0.5) is 0 Å². The summed E-state index contributed by atoms with van der Waals surface area (Å²) in [6, 6.07) is 0. The number of amides is 1. The Morgan fingerprint density at radius 1 is 1.27 bits per heavy atom. The quantitative estimate of drug-likeness (QED) is 0.682. The van der Waals surface area contributed by atoms with E-state index in [2.05, 4.69) is 20.2 Å². The Bertz CT molecular complexity index is 908. The molecule has 8 nitrogen and oxygen atoms in total. The van der Waals surface area contributed by atoms with Crippen molar-refractivity contribution in [3.63, 3.8) is 0 Å². The van der Waals surface area contributed by atoms with E-state index in [1.807, 2.05) is 34.8 Å². The van der Waals surface area contributed by atoms with Gasteiger partial charge in [0.2, 0.25) is 0 Å². The van der Waals surface area contributed by atoms with Gasteiger partial charge in [-0.1, -0.05) is 10.3 Å². The average Bonchev–Trinajstić information content (AvgIpc) is 3.34. The number of thiazole rings is 1. The van der Waals surface area contributed by atoms with Crippen molar-refractivity contribution in [2.45, 2.75) is 39.3 Å². The molecule has 0 aliphatic carbocycles. The summed E-state index contributed by atoms with van der Waals surface area (Å²) in [6.45, 7) is 4.72. The summed E-state index contributed by atoms with van der Waals surface area (Å²) in [5.74, 6) is 0.0447. The molecule has 1 aliphatic rings. The second-order valence-electron chi connectivity index (χ2n) is 6.78. The van der Waals surface area contributed by atoms with Crippen LogP contribution < -0.4 is 0 Å². The van der Waals surface area contributed by atoms with Crippen LogP contribution in [0.25, 0.3) is 4.96 Å². The fourth-order valence-corrected chi connectivity index (χ4v) is 4.09. The van der Waals surface area contributed by atoms with Gasteiger partial charge in [-0.15, -0.1) is 11.3 Å². The molecule has 0 saturated carbocycles. The van der Waals surface area contributed by atoms with Crippen LogP contribution in [0.15, 0.2) is 16.2 Å². The van der Waals surface area contributed by atoms with Crippen LogP contribution >= 0.6 is 11.3 Å². The Morgan fingerprint density at radius 2 is 2.08 bits per heavy atom. The van der Waals surface area contributed by atoms with Gasteiger partial charge in [0, 0.05) is 37.8 Å². The van der Waals surface area contributed by atoms with Gasteiger partial charge in [-0.3, -0.25) is 14.1 Å². The Hall–Kier alpha value is -2.26. The molecule has 0 radical (unpaired) electrons. The van der Waals surface area contributed by atoms with Gasteiger partial charge in [-0.2, -0.15) is 0 Å². The maximum Gasteiger partial charge on any atom is 0.274 e. The fraction of sp³-hybridized carbons (Fsp3) is 0.529. The highest BCUT2D eigenvalue weighted by molar-refractivity contribution is 7.15. The molecule has 1 saturated heterocycles. The SMILES string of the molecule is Cc1nonc1CN(C)Cc1c(C(=O)N2CCCCC2)nc2sccn12. The lowest BCUT2D eigenvalue weighted by Gasteiger charge is -2.26. The first-order chi connectivity index (χ1) is 12.6. The predicted octanol–water partition coefficient (Wildman–Crippen LogP) is 2.35. The molecule has 4 heterocycles. The van der Waals surface area contributed by atoms with Crippen molar-refractivity contribution in [3.05, 3.63) is 34.4 Å². The summed E-state index contributed by atoms with van der Waals surface area (Å²) < 4.78 is 6.80. The smallest absolute Gasteiger partial charge is 0.274 e. The van der Waals surface area contributed by atoms with E-state index in [1.165, 1.54) is 6.42 Å². The van der Waals surface area contributed by atoms with Gasteiger partial charge >= 0.3 is 0 Å². The zero-order chi connectivity index (χ0) is 18.1. The minimum absolute atomic E-state index is 0.0447. The molecule has 0 bridgehead atoms. The third kappa shape index (κ3) is 3.24. The Kier molecular flexibility index (Phi) is 4.73. The number of piperidine rings is 1. The van der Waals surface area contributed by atoms with E-state index >= 15 is 0 Å². The molecule has 1 aliphatic heterocycles. The van der Waals surface area contributed by atoms with Gasteiger partial charge in [0.15, 0.2) is 10.7 Å². The van der Waals surface area contributed by atoms with E-state index in [0.29, 0.717) is 18.8 Å². The number of fused-ring (bicyclic) bond motifs is 1. The van der Waals surface area contributed by atoms with Gasteiger partial charge < -0.3 is 4.90 Å². The number of nitrogens with zero attached hydrogens (tertiary/aromatic N) is 6. The summed E-state index contributed by atoms with van der Waals surface area (Å²) in [5.41, 5.74) is 3.09. The van der Waals surface area contributed by atoms with E-state index < -0.39 is 0 Å². The number of hydrogen-bond donors (Lipinski definition) is 0. The van der Waals surface area contributed by atoms with Crippen molar-refractivity contribution < 1.29 is 9.42 Å². The summed E-state index contributed by atoms with van der Waals surface area (Å²) in [5, 5.41) is 9.76. The molecule has 138 valence electrons. The number of carbonyl (C=O) groups is 1. The van der Waals surface area contributed by atoms with Crippen molar-refractivity contribution in [1.82, 2.24) is 29.5 Å². The third-order valence-electron chi connectivity index (χ3n) is 4.79. The van der Waals surface area contributed by atoms with Crippen LogP contribution in [0.3, 0.4) is 0 Å². The zero-order valence-electron chi connectivity index (χ0n) is 15.0. The van der Waals surface area contributed by atoms with E-state index in [4.69, 9.17) is 4.63 Å². The molecule has 0 N–H and O–H groups in total. The molecule has 0 spiro atoms. The van der Waals surface area contributed by atoms with Crippen LogP contribution in [0.2, 0.25) is 0 Å². The molecule has 3 aromatic heterocycles. The maximum atomic E-state index is 13.0. The highest BCUT2D eigenvalue weighted by atomic mass is 32.1. The van der Waals surface area contributed by atoms with Crippen LogP contribution in [0, 0.1) is 6.92 Å². The molecule has 1 amide bonds. The number of aromatic nitrogens is 4. The highest BCUT2D eigenvalue weighted by Crippen LogP contribution is 2.22. The van der Waals surface area contributed by atoms with Crippen LogP contribution in [-0.2, 0) is 13.1 Å².